The number of rotatable bonds is 6. The third-order valence-corrected chi connectivity index (χ3v) is 3.80. The van der Waals surface area contributed by atoms with Gasteiger partial charge in [-0.15, -0.1) is 0 Å². The Labute approximate surface area is 89.9 Å². The molecule has 1 aliphatic carbocycles. The summed E-state index contributed by atoms with van der Waals surface area (Å²) in [7, 11) is 0. The Hall–Kier alpha value is -0.0400. The van der Waals surface area contributed by atoms with Gasteiger partial charge in [-0.1, -0.05) is 34.1 Å². The normalized spacial score (nSPS) is 18.6. The SMILES string of the molecule is CCN(CC1CCC1)CC(C)(C)CC. The van der Waals surface area contributed by atoms with E-state index in [1.165, 1.54) is 45.3 Å². The molecule has 0 aromatic rings. The van der Waals surface area contributed by atoms with Crippen LogP contribution in [0.2, 0.25) is 0 Å². The quantitative estimate of drug-likeness (QED) is 0.629. The lowest BCUT2D eigenvalue weighted by molar-refractivity contribution is 0.131. The molecule has 1 rings (SSSR count). The summed E-state index contributed by atoms with van der Waals surface area (Å²) in [4.78, 5) is 2.65. The van der Waals surface area contributed by atoms with Gasteiger partial charge in [0.2, 0.25) is 0 Å². The largest absolute Gasteiger partial charge is 0.303 e. The van der Waals surface area contributed by atoms with Crippen LogP contribution in [-0.2, 0) is 0 Å². The molecule has 1 aliphatic rings. The summed E-state index contributed by atoms with van der Waals surface area (Å²) < 4.78 is 0. The molecular formula is C13H27N. The van der Waals surface area contributed by atoms with Crippen LogP contribution in [0.1, 0.15) is 53.4 Å². The molecule has 0 spiro atoms. The Morgan fingerprint density at radius 1 is 1.21 bits per heavy atom. The van der Waals surface area contributed by atoms with Gasteiger partial charge in [0.25, 0.3) is 0 Å². The maximum atomic E-state index is 2.65. The molecule has 0 bridgehead atoms. The summed E-state index contributed by atoms with van der Waals surface area (Å²) in [6, 6.07) is 0. The summed E-state index contributed by atoms with van der Waals surface area (Å²) in [6.07, 6.45) is 5.71. The Morgan fingerprint density at radius 3 is 2.21 bits per heavy atom. The minimum absolute atomic E-state index is 0.500. The van der Waals surface area contributed by atoms with Crippen LogP contribution in [0.15, 0.2) is 0 Å². The van der Waals surface area contributed by atoms with Crippen molar-refractivity contribution in [2.24, 2.45) is 11.3 Å². The van der Waals surface area contributed by atoms with E-state index in [1.54, 1.807) is 0 Å². The van der Waals surface area contributed by atoms with Crippen LogP contribution in [0, 0.1) is 11.3 Å². The summed E-state index contributed by atoms with van der Waals surface area (Å²) in [5.74, 6) is 1.02. The predicted molar refractivity (Wildman–Crippen MR) is 63.5 cm³/mol. The van der Waals surface area contributed by atoms with Crippen LogP contribution in [-0.4, -0.2) is 24.5 Å². The summed E-state index contributed by atoms with van der Waals surface area (Å²) in [5, 5.41) is 0. The van der Waals surface area contributed by atoms with Gasteiger partial charge in [0.05, 0.1) is 0 Å². The fraction of sp³-hybridized carbons (Fsp3) is 1.00. The molecule has 0 atom stereocenters. The highest BCUT2D eigenvalue weighted by atomic mass is 15.1. The lowest BCUT2D eigenvalue weighted by Gasteiger charge is -2.36. The Bertz CT molecular complexity index is 159. The molecule has 0 aromatic carbocycles. The lowest BCUT2D eigenvalue weighted by Crippen LogP contribution is -2.38. The first-order valence-electron chi connectivity index (χ1n) is 6.29. The van der Waals surface area contributed by atoms with E-state index in [2.05, 4.69) is 32.6 Å². The van der Waals surface area contributed by atoms with Crippen LogP contribution >= 0.6 is 0 Å². The average Bonchev–Trinajstić information content (AvgIpc) is 2.09. The Kier molecular flexibility index (Phi) is 4.43. The number of hydrogen-bond acceptors (Lipinski definition) is 1. The first-order chi connectivity index (χ1) is 6.57. The van der Waals surface area contributed by atoms with E-state index in [-0.39, 0.29) is 0 Å². The third-order valence-electron chi connectivity index (χ3n) is 3.80. The zero-order chi connectivity index (χ0) is 10.6. The molecule has 1 fully saturated rings. The highest BCUT2D eigenvalue weighted by Gasteiger charge is 2.24. The first-order valence-corrected chi connectivity index (χ1v) is 6.29. The molecule has 84 valence electrons. The third kappa shape index (κ3) is 3.61. The predicted octanol–water partition coefficient (Wildman–Crippen LogP) is 3.54. The van der Waals surface area contributed by atoms with Crippen molar-refractivity contribution < 1.29 is 0 Å². The van der Waals surface area contributed by atoms with E-state index in [4.69, 9.17) is 0 Å². The van der Waals surface area contributed by atoms with Crippen LogP contribution in [0.4, 0.5) is 0 Å². The first kappa shape index (κ1) is 12.0. The van der Waals surface area contributed by atoms with Gasteiger partial charge in [-0.05, 0) is 37.1 Å². The summed E-state index contributed by atoms with van der Waals surface area (Å²) >= 11 is 0. The molecule has 0 aromatic heterocycles. The molecule has 0 aliphatic heterocycles. The zero-order valence-corrected chi connectivity index (χ0v) is 10.5. The van der Waals surface area contributed by atoms with Gasteiger partial charge in [-0.3, -0.25) is 0 Å². The van der Waals surface area contributed by atoms with Gasteiger partial charge in [-0.25, -0.2) is 0 Å². The minimum Gasteiger partial charge on any atom is -0.303 e. The van der Waals surface area contributed by atoms with E-state index in [9.17, 15) is 0 Å². The molecule has 14 heavy (non-hydrogen) atoms. The van der Waals surface area contributed by atoms with Crippen molar-refractivity contribution in [3.05, 3.63) is 0 Å². The van der Waals surface area contributed by atoms with Crippen LogP contribution < -0.4 is 0 Å². The van der Waals surface area contributed by atoms with E-state index >= 15 is 0 Å². The molecule has 1 nitrogen and oxygen atoms in total. The van der Waals surface area contributed by atoms with Crippen molar-refractivity contribution in [1.82, 2.24) is 4.90 Å². The second kappa shape index (κ2) is 5.16. The smallest absolute Gasteiger partial charge is 0.00326 e. The van der Waals surface area contributed by atoms with Crippen molar-refractivity contribution in [2.75, 3.05) is 19.6 Å². The van der Waals surface area contributed by atoms with Crippen molar-refractivity contribution in [2.45, 2.75) is 53.4 Å². The maximum absolute atomic E-state index is 2.65. The summed E-state index contributed by atoms with van der Waals surface area (Å²) in [5.41, 5.74) is 0.500. The van der Waals surface area contributed by atoms with E-state index in [1.807, 2.05) is 0 Å². The molecule has 0 radical (unpaired) electrons. The molecule has 1 heteroatoms. The van der Waals surface area contributed by atoms with Crippen LogP contribution in [0.3, 0.4) is 0 Å². The lowest BCUT2D eigenvalue weighted by atomic mass is 9.84. The standard InChI is InChI=1S/C13H27N/c1-5-13(3,4)11-14(6-2)10-12-8-7-9-12/h12H,5-11H2,1-4H3. The Balaban J connectivity index is 2.29. The van der Waals surface area contributed by atoms with Crippen LogP contribution in [0.25, 0.3) is 0 Å². The van der Waals surface area contributed by atoms with E-state index < -0.39 is 0 Å². The van der Waals surface area contributed by atoms with Gasteiger partial charge in [0.1, 0.15) is 0 Å². The monoisotopic (exact) mass is 197 g/mol. The molecule has 1 saturated carbocycles. The maximum Gasteiger partial charge on any atom is 0.00326 e. The highest BCUT2D eigenvalue weighted by molar-refractivity contribution is 4.77. The molecule has 0 amide bonds. The summed E-state index contributed by atoms with van der Waals surface area (Å²) in [6.45, 7) is 13.2. The van der Waals surface area contributed by atoms with Gasteiger partial charge in [0, 0.05) is 13.1 Å². The van der Waals surface area contributed by atoms with Crippen molar-refractivity contribution >= 4 is 0 Å². The van der Waals surface area contributed by atoms with Gasteiger partial charge < -0.3 is 4.90 Å². The molecular weight excluding hydrogens is 170 g/mol. The zero-order valence-electron chi connectivity index (χ0n) is 10.5. The second-order valence-electron chi connectivity index (χ2n) is 5.64. The highest BCUT2D eigenvalue weighted by Crippen LogP contribution is 2.28. The minimum atomic E-state index is 0.500. The van der Waals surface area contributed by atoms with Crippen LogP contribution in [0.5, 0.6) is 0 Å². The van der Waals surface area contributed by atoms with E-state index in [0.29, 0.717) is 5.41 Å². The Morgan fingerprint density at radius 2 is 1.86 bits per heavy atom. The van der Waals surface area contributed by atoms with E-state index in [0.717, 1.165) is 5.92 Å². The van der Waals surface area contributed by atoms with Gasteiger partial charge >= 0.3 is 0 Å². The van der Waals surface area contributed by atoms with Gasteiger partial charge in [0.15, 0.2) is 0 Å². The molecule has 0 saturated heterocycles. The van der Waals surface area contributed by atoms with Gasteiger partial charge in [-0.2, -0.15) is 0 Å². The second-order valence-corrected chi connectivity index (χ2v) is 5.64. The number of nitrogens with zero attached hydrogens (tertiary/aromatic N) is 1. The molecule has 0 unspecified atom stereocenters. The van der Waals surface area contributed by atoms with Crippen molar-refractivity contribution in [3.63, 3.8) is 0 Å². The fourth-order valence-electron chi connectivity index (χ4n) is 2.06. The van der Waals surface area contributed by atoms with Crippen molar-refractivity contribution in [1.29, 1.82) is 0 Å². The van der Waals surface area contributed by atoms with Crippen molar-refractivity contribution in [3.8, 4) is 0 Å². The number of hydrogen-bond donors (Lipinski definition) is 0. The average molecular weight is 197 g/mol. The molecule has 0 N–H and O–H groups in total. The topological polar surface area (TPSA) is 3.24 Å². The fourth-order valence-corrected chi connectivity index (χ4v) is 2.06. The molecule has 0 heterocycles.